The summed E-state index contributed by atoms with van der Waals surface area (Å²) in [5.74, 6) is -0.0530. The lowest BCUT2D eigenvalue weighted by Crippen LogP contribution is -2.10. The Hall–Kier alpha value is -2.44. The average Bonchev–Trinajstić information content (AvgIpc) is 2.89. The van der Waals surface area contributed by atoms with Gasteiger partial charge in [-0.25, -0.2) is 0 Å². The van der Waals surface area contributed by atoms with Crippen molar-refractivity contribution in [2.24, 2.45) is 0 Å². The molecule has 3 aromatic rings. The largest absolute Gasteiger partial charge is 0.456 e. The molecule has 0 N–H and O–H groups in total. The molecule has 0 bridgehead atoms. The van der Waals surface area contributed by atoms with Crippen molar-refractivity contribution in [1.82, 2.24) is 0 Å². The smallest absolute Gasteiger partial charge is 0.416 e. The molecule has 3 rings (SSSR count). The average molecular weight is 330 g/mol. The molecule has 2 aromatic carbocycles. The van der Waals surface area contributed by atoms with Crippen LogP contribution in [0.5, 0.6) is 0 Å². The van der Waals surface area contributed by atoms with Gasteiger partial charge in [0.1, 0.15) is 11.3 Å². The van der Waals surface area contributed by atoms with Crippen molar-refractivity contribution in [3.8, 4) is 11.3 Å². The Bertz CT molecular complexity index is 792. The second kappa shape index (κ2) is 5.04. The maximum absolute atomic E-state index is 12.9. The van der Waals surface area contributed by atoms with Gasteiger partial charge in [0.15, 0.2) is 0 Å². The summed E-state index contributed by atoms with van der Waals surface area (Å²) in [6.07, 6.45) is -9.77. The van der Waals surface area contributed by atoms with E-state index in [9.17, 15) is 26.3 Å². The summed E-state index contributed by atoms with van der Waals surface area (Å²) >= 11 is 0. The van der Waals surface area contributed by atoms with E-state index in [0.29, 0.717) is 23.1 Å². The SMILES string of the molecule is FC(F)(F)c1cc(-c2cc3ccccc3o2)cc(C(F)(F)F)c1. The van der Waals surface area contributed by atoms with Crippen molar-refractivity contribution in [2.45, 2.75) is 12.4 Å². The van der Waals surface area contributed by atoms with Crippen LogP contribution in [0.25, 0.3) is 22.3 Å². The number of hydrogen-bond donors (Lipinski definition) is 0. The highest BCUT2D eigenvalue weighted by atomic mass is 19.4. The first-order valence-corrected chi connectivity index (χ1v) is 6.43. The van der Waals surface area contributed by atoms with E-state index in [2.05, 4.69) is 0 Å². The molecule has 0 atom stereocenters. The minimum absolute atomic E-state index is 0.0530. The van der Waals surface area contributed by atoms with Crippen molar-refractivity contribution in [3.05, 3.63) is 59.7 Å². The molecular formula is C16H8F6O. The Morgan fingerprint density at radius 2 is 1.26 bits per heavy atom. The molecular weight excluding hydrogens is 322 g/mol. The van der Waals surface area contributed by atoms with Gasteiger partial charge in [-0.2, -0.15) is 26.3 Å². The quantitative estimate of drug-likeness (QED) is 0.489. The van der Waals surface area contributed by atoms with Crippen LogP contribution < -0.4 is 0 Å². The molecule has 1 aromatic heterocycles. The molecule has 0 radical (unpaired) electrons. The molecule has 1 heterocycles. The van der Waals surface area contributed by atoms with E-state index in [0.717, 1.165) is 0 Å². The van der Waals surface area contributed by atoms with Crippen molar-refractivity contribution >= 4 is 11.0 Å². The van der Waals surface area contributed by atoms with Gasteiger partial charge in [-0.05, 0) is 30.3 Å². The third kappa shape index (κ3) is 3.04. The Labute approximate surface area is 126 Å². The minimum atomic E-state index is -4.89. The highest BCUT2D eigenvalue weighted by Crippen LogP contribution is 2.39. The lowest BCUT2D eigenvalue weighted by molar-refractivity contribution is -0.143. The van der Waals surface area contributed by atoms with Gasteiger partial charge in [0.05, 0.1) is 11.1 Å². The summed E-state index contributed by atoms with van der Waals surface area (Å²) in [5.41, 5.74) is -2.64. The molecule has 0 unspecified atom stereocenters. The van der Waals surface area contributed by atoms with Crippen molar-refractivity contribution in [2.75, 3.05) is 0 Å². The van der Waals surface area contributed by atoms with Crippen LogP contribution in [0.4, 0.5) is 26.3 Å². The molecule has 7 heteroatoms. The molecule has 0 amide bonds. The van der Waals surface area contributed by atoms with Crippen molar-refractivity contribution in [1.29, 1.82) is 0 Å². The molecule has 23 heavy (non-hydrogen) atoms. The molecule has 0 aliphatic rings. The fourth-order valence-corrected chi connectivity index (χ4v) is 2.22. The number of fused-ring (bicyclic) bond motifs is 1. The van der Waals surface area contributed by atoms with E-state index < -0.39 is 23.5 Å². The number of benzene rings is 2. The van der Waals surface area contributed by atoms with Gasteiger partial charge in [0, 0.05) is 10.9 Å². The number of alkyl halides is 6. The lowest BCUT2D eigenvalue weighted by atomic mass is 10.0. The van der Waals surface area contributed by atoms with Crippen molar-refractivity contribution < 1.29 is 30.8 Å². The summed E-state index contributed by atoms with van der Waals surface area (Å²) in [7, 11) is 0. The van der Waals surface area contributed by atoms with Crippen LogP contribution in [-0.2, 0) is 12.4 Å². The molecule has 0 aliphatic heterocycles. The number of para-hydroxylation sites is 1. The monoisotopic (exact) mass is 330 g/mol. The standard InChI is InChI=1S/C16H8F6O/c17-15(18,19)11-5-10(6-12(8-11)16(20,21)22)14-7-9-3-1-2-4-13(9)23-14/h1-8H. The predicted molar refractivity (Wildman–Crippen MR) is 71.7 cm³/mol. The minimum Gasteiger partial charge on any atom is -0.456 e. The third-order valence-corrected chi connectivity index (χ3v) is 3.30. The van der Waals surface area contributed by atoms with Gasteiger partial charge in [-0.15, -0.1) is 0 Å². The van der Waals surface area contributed by atoms with Crippen molar-refractivity contribution in [3.63, 3.8) is 0 Å². The van der Waals surface area contributed by atoms with Gasteiger partial charge in [0.25, 0.3) is 0 Å². The van der Waals surface area contributed by atoms with Crippen LogP contribution in [0.1, 0.15) is 11.1 Å². The number of rotatable bonds is 1. The highest BCUT2D eigenvalue weighted by Gasteiger charge is 2.37. The van der Waals surface area contributed by atoms with Gasteiger partial charge in [0.2, 0.25) is 0 Å². The zero-order chi connectivity index (χ0) is 16.8. The van der Waals surface area contributed by atoms with Crippen LogP contribution in [-0.4, -0.2) is 0 Å². The van der Waals surface area contributed by atoms with Gasteiger partial charge in [-0.3, -0.25) is 0 Å². The molecule has 0 saturated heterocycles. The summed E-state index contributed by atoms with van der Waals surface area (Å²) in [4.78, 5) is 0. The van der Waals surface area contributed by atoms with Crippen LogP contribution in [0.3, 0.4) is 0 Å². The van der Waals surface area contributed by atoms with E-state index in [-0.39, 0.29) is 17.4 Å². The zero-order valence-corrected chi connectivity index (χ0v) is 11.3. The first-order chi connectivity index (χ1) is 10.6. The van der Waals surface area contributed by atoms with Crippen LogP contribution in [0.15, 0.2) is 52.9 Å². The predicted octanol–water partition coefficient (Wildman–Crippen LogP) is 6.14. The zero-order valence-electron chi connectivity index (χ0n) is 11.3. The van der Waals surface area contributed by atoms with E-state index in [1.54, 1.807) is 24.3 Å². The second-order valence-corrected chi connectivity index (χ2v) is 4.94. The number of hydrogen-bond acceptors (Lipinski definition) is 1. The number of halogens is 6. The highest BCUT2D eigenvalue weighted by molar-refractivity contribution is 5.82. The number of furan rings is 1. The maximum Gasteiger partial charge on any atom is 0.416 e. The van der Waals surface area contributed by atoms with Crippen LogP contribution in [0, 0.1) is 0 Å². The first kappa shape index (κ1) is 15.5. The summed E-state index contributed by atoms with van der Waals surface area (Å²) in [6.45, 7) is 0. The topological polar surface area (TPSA) is 13.1 Å². The van der Waals surface area contributed by atoms with E-state index >= 15 is 0 Å². The van der Waals surface area contributed by atoms with E-state index in [1.165, 1.54) is 6.07 Å². The van der Waals surface area contributed by atoms with E-state index in [4.69, 9.17) is 4.42 Å². The Morgan fingerprint density at radius 3 is 1.78 bits per heavy atom. The van der Waals surface area contributed by atoms with Gasteiger partial charge in [-0.1, -0.05) is 18.2 Å². The lowest BCUT2D eigenvalue weighted by Gasteiger charge is -2.13. The van der Waals surface area contributed by atoms with Crippen LogP contribution >= 0.6 is 0 Å². The molecule has 120 valence electrons. The molecule has 0 fully saturated rings. The fourth-order valence-electron chi connectivity index (χ4n) is 2.22. The van der Waals surface area contributed by atoms with E-state index in [1.807, 2.05) is 0 Å². The molecule has 0 saturated carbocycles. The fraction of sp³-hybridized carbons (Fsp3) is 0.125. The van der Waals surface area contributed by atoms with Gasteiger partial charge < -0.3 is 4.42 Å². The second-order valence-electron chi connectivity index (χ2n) is 4.94. The molecule has 0 spiro atoms. The van der Waals surface area contributed by atoms with Crippen LogP contribution in [0.2, 0.25) is 0 Å². The maximum atomic E-state index is 12.9. The summed E-state index contributed by atoms with van der Waals surface area (Å²) < 4.78 is 82.5. The summed E-state index contributed by atoms with van der Waals surface area (Å²) in [5, 5.41) is 0.591. The third-order valence-electron chi connectivity index (χ3n) is 3.30. The molecule has 0 aliphatic carbocycles. The Morgan fingerprint density at radius 1 is 0.696 bits per heavy atom. The molecule has 1 nitrogen and oxygen atoms in total. The summed E-state index contributed by atoms with van der Waals surface area (Å²) in [6, 6.07) is 9.37. The Kier molecular flexibility index (Phi) is 3.39. The Balaban J connectivity index is 2.21. The van der Waals surface area contributed by atoms with Gasteiger partial charge >= 0.3 is 12.4 Å². The first-order valence-electron chi connectivity index (χ1n) is 6.43. The normalized spacial score (nSPS) is 12.8.